The van der Waals surface area contributed by atoms with Gasteiger partial charge in [-0.25, -0.2) is 18.0 Å². The van der Waals surface area contributed by atoms with Crippen LogP contribution in [0.4, 0.5) is 5.69 Å². The van der Waals surface area contributed by atoms with Crippen molar-refractivity contribution in [3.05, 3.63) is 83.2 Å². The van der Waals surface area contributed by atoms with Crippen molar-refractivity contribution in [2.45, 2.75) is 10.3 Å². The van der Waals surface area contributed by atoms with Crippen LogP contribution in [0.2, 0.25) is 0 Å². The first-order chi connectivity index (χ1) is 13.9. The second kappa shape index (κ2) is 8.89. The van der Waals surface area contributed by atoms with Gasteiger partial charge >= 0.3 is 11.9 Å². The van der Waals surface area contributed by atoms with Crippen molar-refractivity contribution in [2.75, 3.05) is 11.8 Å². The third-order valence-electron chi connectivity index (χ3n) is 3.88. The van der Waals surface area contributed by atoms with E-state index >= 15 is 0 Å². The van der Waals surface area contributed by atoms with E-state index in [9.17, 15) is 18.0 Å². The van der Waals surface area contributed by atoms with Crippen LogP contribution in [-0.2, 0) is 24.3 Å². The quantitative estimate of drug-likeness (QED) is 0.574. The van der Waals surface area contributed by atoms with Crippen molar-refractivity contribution in [3.63, 3.8) is 0 Å². The van der Waals surface area contributed by atoms with Crippen molar-refractivity contribution in [1.29, 1.82) is 0 Å². The van der Waals surface area contributed by atoms with Crippen LogP contribution in [0.1, 0.15) is 22.0 Å². The summed E-state index contributed by atoms with van der Waals surface area (Å²) in [7, 11) is -2.47. The van der Waals surface area contributed by atoms with Gasteiger partial charge in [0.15, 0.2) is 0 Å². The number of ether oxygens (including phenoxy) is 2. The summed E-state index contributed by atoms with van der Waals surface area (Å²) in [5.41, 5.74) is 0.935. The number of rotatable bonds is 7. The maximum Gasteiger partial charge on any atom is 0.351 e. The van der Waals surface area contributed by atoms with Crippen molar-refractivity contribution in [1.82, 2.24) is 0 Å². The van der Waals surface area contributed by atoms with Crippen LogP contribution in [0.5, 0.6) is 0 Å². The number of hydrogen-bond acceptors (Lipinski definition) is 7. The van der Waals surface area contributed by atoms with Crippen LogP contribution in [0, 0.1) is 0 Å². The monoisotopic (exact) mass is 431 g/mol. The Morgan fingerprint density at radius 3 is 2.24 bits per heavy atom. The zero-order valence-electron chi connectivity index (χ0n) is 15.3. The molecule has 150 valence electrons. The van der Waals surface area contributed by atoms with Crippen molar-refractivity contribution in [3.8, 4) is 0 Å². The summed E-state index contributed by atoms with van der Waals surface area (Å²) in [5.74, 6) is -1.44. The number of hydrogen-bond donors (Lipinski definition) is 1. The molecule has 1 atom stereocenters. The maximum atomic E-state index is 12.5. The van der Waals surface area contributed by atoms with E-state index in [0.717, 1.165) is 11.3 Å². The van der Waals surface area contributed by atoms with E-state index in [4.69, 9.17) is 9.47 Å². The standard InChI is InChI=1S/C20H17NO6S2/c1-26-20(23)18(14-6-3-2-4-7-14)27-19(22)15-9-11-16(12-10-15)21-29(24,25)17-8-5-13-28-17/h2-13,18,21H,1H3. The van der Waals surface area contributed by atoms with Gasteiger partial charge in [0.25, 0.3) is 10.0 Å². The summed E-state index contributed by atoms with van der Waals surface area (Å²) in [6.07, 6.45) is -1.20. The average Bonchev–Trinajstić information content (AvgIpc) is 3.28. The van der Waals surface area contributed by atoms with Gasteiger partial charge in [0, 0.05) is 11.3 Å². The number of carbonyl (C=O) groups excluding carboxylic acids is 2. The second-order valence-electron chi connectivity index (χ2n) is 5.83. The van der Waals surface area contributed by atoms with Gasteiger partial charge in [-0.1, -0.05) is 36.4 Å². The van der Waals surface area contributed by atoms with E-state index < -0.39 is 28.1 Å². The topological polar surface area (TPSA) is 98.8 Å². The largest absolute Gasteiger partial charge is 0.466 e. The Balaban J connectivity index is 1.73. The highest BCUT2D eigenvalue weighted by Crippen LogP contribution is 2.23. The van der Waals surface area contributed by atoms with Gasteiger partial charge in [-0.15, -0.1) is 11.3 Å². The minimum Gasteiger partial charge on any atom is -0.466 e. The van der Waals surface area contributed by atoms with E-state index in [1.807, 2.05) is 0 Å². The lowest BCUT2D eigenvalue weighted by atomic mass is 10.1. The number of nitrogens with one attached hydrogen (secondary N) is 1. The van der Waals surface area contributed by atoms with E-state index in [0.29, 0.717) is 11.3 Å². The molecule has 0 spiro atoms. The summed E-state index contributed by atoms with van der Waals surface area (Å²) in [6, 6.07) is 17.3. The Morgan fingerprint density at radius 2 is 1.66 bits per heavy atom. The Bertz CT molecular complexity index is 1080. The summed E-state index contributed by atoms with van der Waals surface area (Å²) < 4.78 is 37.2. The fourth-order valence-electron chi connectivity index (χ4n) is 2.46. The molecule has 3 rings (SSSR count). The molecule has 0 amide bonds. The molecule has 0 fully saturated rings. The van der Waals surface area contributed by atoms with Gasteiger partial charge in [-0.2, -0.15) is 0 Å². The molecular formula is C20H17NO6S2. The lowest BCUT2D eigenvalue weighted by Gasteiger charge is -2.16. The number of thiophene rings is 1. The zero-order chi connectivity index (χ0) is 20.9. The predicted octanol–water partition coefficient (Wildman–Crippen LogP) is 3.62. The summed E-state index contributed by atoms with van der Waals surface area (Å²) >= 11 is 1.10. The smallest absolute Gasteiger partial charge is 0.351 e. The number of methoxy groups -OCH3 is 1. The lowest BCUT2D eigenvalue weighted by Crippen LogP contribution is -2.21. The minimum atomic E-state index is -3.68. The first-order valence-electron chi connectivity index (χ1n) is 8.41. The normalized spacial score (nSPS) is 12.0. The fraction of sp³-hybridized carbons (Fsp3) is 0.100. The van der Waals surface area contributed by atoms with E-state index in [1.165, 1.54) is 37.4 Å². The maximum absolute atomic E-state index is 12.5. The van der Waals surface area contributed by atoms with Crippen LogP contribution in [0.25, 0.3) is 0 Å². The first-order valence-corrected chi connectivity index (χ1v) is 10.8. The highest BCUT2D eigenvalue weighted by molar-refractivity contribution is 7.94. The number of esters is 2. The molecule has 2 aromatic carbocycles. The summed E-state index contributed by atoms with van der Waals surface area (Å²) in [5, 5.41) is 1.66. The van der Waals surface area contributed by atoms with Crippen LogP contribution >= 0.6 is 11.3 Å². The molecule has 0 radical (unpaired) electrons. The zero-order valence-corrected chi connectivity index (χ0v) is 16.9. The molecule has 3 aromatic rings. The molecule has 7 nitrogen and oxygen atoms in total. The van der Waals surface area contributed by atoms with Crippen molar-refractivity contribution < 1.29 is 27.5 Å². The predicted molar refractivity (Wildman–Crippen MR) is 108 cm³/mol. The SMILES string of the molecule is COC(=O)C(OC(=O)c1ccc(NS(=O)(=O)c2cccs2)cc1)c1ccccc1. The highest BCUT2D eigenvalue weighted by Gasteiger charge is 2.26. The Kier molecular flexibility index (Phi) is 6.30. The molecule has 0 aliphatic heterocycles. The van der Waals surface area contributed by atoms with Crippen molar-refractivity contribution in [2.24, 2.45) is 0 Å². The molecule has 0 saturated heterocycles. The van der Waals surface area contributed by atoms with Gasteiger partial charge in [-0.3, -0.25) is 4.72 Å². The van der Waals surface area contributed by atoms with E-state index in [2.05, 4.69) is 4.72 Å². The number of carbonyl (C=O) groups is 2. The summed E-state index contributed by atoms with van der Waals surface area (Å²) in [6.45, 7) is 0. The molecule has 1 N–H and O–H groups in total. The first kappa shape index (κ1) is 20.6. The van der Waals surface area contributed by atoms with Gasteiger partial charge in [-0.05, 0) is 35.7 Å². The number of sulfonamides is 1. The van der Waals surface area contributed by atoms with E-state index in [1.54, 1.807) is 41.8 Å². The van der Waals surface area contributed by atoms with Gasteiger partial charge in [0.05, 0.1) is 12.7 Å². The Labute approximate surface area is 172 Å². The van der Waals surface area contributed by atoms with Crippen LogP contribution in [0.3, 0.4) is 0 Å². The molecule has 29 heavy (non-hydrogen) atoms. The van der Waals surface area contributed by atoms with E-state index in [-0.39, 0.29) is 9.77 Å². The molecule has 0 aliphatic rings. The van der Waals surface area contributed by atoms with Gasteiger partial charge < -0.3 is 9.47 Å². The minimum absolute atomic E-state index is 0.161. The second-order valence-corrected chi connectivity index (χ2v) is 8.69. The third-order valence-corrected chi connectivity index (χ3v) is 6.65. The third kappa shape index (κ3) is 5.01. The average molecular weight is 431 g/mol. The lowest BCUT2D eigenvalue weighted by molar-refractivity contribution is -0.151. The van der Waals surface area contributed by atoms with Crippen LogP contribution < -0.4 is 4.72 Å². The van der Waals surface area contributed by atoms with Crippen LogP contribution in [-0.4, -0.2) is 27.5 Å². The molecule has 1 heterocycles. The van der Waals surface area contributed by atoms with Crippen molar-refractivity contribution >= 4 is 39.0 Å². The summed E-state index contributed by atoms with van der Waals surface area (Å²) in [4.78, 5) is 24.5. The Hall–Kier alpha value is -3.17. The van der Waals surface area contributed by atoms with Gasteiger partial charge in [0.2, 0.25) is 6.10 Å². The molecule has 1 unspecified atom stereocenters. The number of anilines is 1. The molecule has 0 aliphatic carbocycles. The molecule has 0 bridgehead atoms. The Morgan fingerprint density at radius 1 is 0.966 bits per heavy atom. The molecular weight excluding hydrogens is 414 g/mol. The molecule has 9 heteroatoms. The highest BCUT2D eigenvalue weighted by atomic mass is 32.2. The van der Waals surface area contributed by atoms with Crippen LogP contribution in [0.15, 0.2) is 76.3 Å². The number of benzene rings is 2. The fourth-order valence-corrected chi connectivity index (χ4v) is 4.51. The molecule has 1 aromatic heterocycles. The molecule has 0 saturated carbocycles. The van der Waals surface area contributed by atoms with Gasteiger partial charge in [0.1, 0.15) is 4.21 Å².